The number of hydrogen-bond donors (Lipinski definition) is 4. The highest BCUT2D eigenvalue weighted by Gasteiger charge is 2.18. The first-order chi connectivity index (χ1) is 15.2. The number of aryl methyl sites for hydroxylation is 1. The minimum absolute atomic E-state index is 0.0237. The number of rotatable bonds is 7. The Bertz CT molecular complexity index is 1210. The molecular formula is C22H24N6O4. The summed E-state index contributed by atoms with van der Waals surface area (Å²) in [6.45, 7) is 1.45. The van der Waals surface area contributed by atoms with E-state index in [1.165, 1.54) is 14.0 Å². The van der Waals surface area contributed by atoms with Crippen molar-refractivity contribution < 1.29 is 19.1 Å². The molecule has 166 valence electrons. The predicted molar refractivity (Wildman–Crippen MR) is 120 cm³/mol. The molecule has 0 aliphatic carbocycles. The molecule has 0 radical (unpaired) electrons. The first-order valence-corrected chi connectivity index (χ1v) is 9.79. The number of ether oxygens (including phenoxy) is 1. The second kappa shape index (κ2) is 9.29. The van der Waals surface area contributed by atoms with Crippen LogP contribution in [0.3, 0.4) is 0 Å². The van der Waals surface area contributed by atoms with Crippen LogP contribution in [0.4, 0.5) is 5.69 Å². The Morgan fingerprint density at radius 1 is 1.19 bits per heavy atom. The van der Waals surface area contributed by atoms with Crippen LogP contribution in [0.5, 0.6) is 0 Å². The maximum atomic E-state index is 12.7. The predicted octanol–water partition coefficient (Wildman–Crippen LogP) is 1.78. The van der Waals surface area contributed by atoms with Gasteiger partial charge in [0.1, 0.15) is 11.7 Å². The van der Waals surface area contributed by atoms with Gasteiger partial charge in [0, 0.05) is 31.6 Å². The third-order valence-corrected chi connectivity index (χ3v) is 4.87. The van der Waals surface area contributed by atoms with Gasteiger partial charge < -0.3 is 25.7 Å². The van der Waals surface area contributed by atoms with Gasteiger partial charge in [-0.1, -0.05) is 24.3 Å². The van der Waals surface area contributed by atoms with Gasteiger partial charge in [-0.15, -0.1) is 0 Å². The maximum Gasteiger partial charge on any atom is 0.307 e. The Labute approximate surface area is 184 Å². The van der Waals surface area contributed by atoms with Gasteiger partial charge in [-0.25, -0.2) is 4.98 Å². The van der Waals surface area contributed by atoms with Gasteiger partial charge in [-0.05, 0) is 12.1 Å². The van der Waals surface area contributed by atoms with Crippen molar-refractivity contribution in [3.05, 3.63) is 47.5 Å². The Morgan fingerprint density at radius 3 is 2.47 bits per heavy atom. The van der Waals surface area contributed by atoms with Crippen molar-refractivity contribution in [2.75, 3.05) is 19.0 Å². The monoisotopic (exact) mass is 436 g/mol. The van der Waals surface area contributed by atoms with E-state index < -0.39 is 11.9 Å². The summed E-state index contributed by atoms with van der Waals surface area (Å²) < 4.78 is 6.42. The molecular weight excluding hydrogens is 412 g/mol. The number of nitrogens with two attached hydrogens (primary N) is 1. The van der Waals surface area contributed by atoms with Gasteiger partial charge in [-0.2, -0.15) is 0 Å². The average Bonchev–Trinajstić information content (AvgIpc) is 3.08. The van der Waals surface area contributed by atoms with E-state index in [-0.39, 0.29) is 30.3 Å². The molecule has 2 amide bonds. The van der Waals surface area contributed by atoms with Crippen molar-refractivity contribution in [3.63, 3.8) is 0 Å². The number of fused-ring (bicyclic) bond motifs is 1. The Hall–Kier alpha value is -4.21. The minimum atomic E-state index is -0.447. The van der Waals surface area contributed by atoms with E-state index >= 15 is 0 Å². The van der Waals surface area contributed by atoms with Crippen LogP contribution in [-0.4, -0.2) is 46.8 Å². The number of hydrogen-bond acceptors (Lipinski definition) is 6. The number of anilines is 1. The number of carbonyl (C=O) groups is 3. The second-order valence-electron chi connectivity index (χ2n) is 7.14. The lowest BCUT2D eigenvalue weighted by atomic mass is 10.1. The number of imidazole rings is 1. The number of nitrogens with one attached hydrogen (secondary N) is 3. The third kappa shape index (κ3) is 4.75. The third-order valence-electron chi connectivity index (χ3n) is 4.87. The fourth-order valence-electron chi connectivity index (χ4n) is 3.25. The van der Waals surface area contributed by atoms with Crippen molar-refractivity contribution >= 4 is 40.3 Å². The van der Waals surface area contributed by atoms with Gasteiger partial charge in [0.2, 0.25) is 5.91 Å². The number of methoxy groups -OCH3 is 1. The molecule has 1 aromatic heterocycles. The summed E-state index contributed by atoms with van der Waals surface area (Å²) in [4.78, 5) is 40.4. The summed E-state index contributed by atoms with van der Waals surface area (Å²) in [5, 5.41) is 12.9. The summed E-state index contributed by atoms with van der Waals surface area (Å²) in [5.41, 5.74) is 8.77. The smallest absolute Gasteiger partial charge is 0.307 e. The van der Waals surface area contributed by atoms with E-state index in [4.69, 9.17) is 11.1 Å². The van der Waals surface area contributed by atoms with Crippen molar-refractivity contribution in [2.24, 2.45) is 12.8 Å². The number of nitrogen functional groups attached to an aromatic ring is 1. The topological polar surface area (TPSA) is 152 Å². The zero-order valence-corrected chi connectivity index (χ0v) is 18.0. The van der Waals surface area contributed by atoms with Gasteiger partial charge in [0.25, 0.3) is 5.91 Å². The Kier molecular flexibility index (Phi) is 6.53. The molecule has 0 bridgehead atoms. The molecule has 1 heterocycles. The molecule has 10 nitrogen and oxygen atoms in total. The Balaban J connectivity index is 2.00. The summed E-state index contributed by atoms with van der Waals surface area (Å²) in [7, 11) is 3.11. The number of aromatic nitrogens is 2. The number of nitrogens with zero attached hydrogens (tertiary/aromatic N) is 2. The van der Waals surface area contributed by atoms with Crippen molar-refractivity contribution in [3.8, 4) is 11.4 Å². The van der Waals surface area contributed by atoms with Crippen LogP contribution in [0.2, 0.25) is 0 Å². The van der Waals surface area contributed by atoms with E-state index in [0.29, 0.717) is 28.1 Å². The first kappa shape index (κ1) is 22.5. The molecule has 0 atom stereocenters. The van der Waals surface area contributed by atoms with Crippen LogP contribution < -0.4 is 16.4 Å². The molecule has 32 heavy (non-hydrogen) atoms. The Morgan fingerprint density at radius 2 is 1.88 bits per heavy atom. The molecule has 5 N–H and O–H groups in total. The average molecular weight is 436 g/mol. The van der Waals surface area contributed by atoms with Crippen LogP contribution in [0, 0.1) is 5.41 Å². The molecule has 10 heteroatoms. The molecule has 0 spiro atoms. The summed E-state index contributed by atoms with van der Waals surface area (Å²) in [6, 6.07) is 10.4. The lowest BCUT2D eigenvalue weighted by Crippen LogP contribution is -2.27. The molecule has 0 saturated carbocycles. The molecule has 0 unspecified atom stereocenters. The summed E-state index contributed by atoms with van der Waals surface area (Å²) >= 11 is 0. The summed E-state index contributed by atoms with van der Waals surface area (Å²) in [5.74, 6) is -0.586. The minimum Gasteiger partial charge on any atom is -0.469 e. The van der Waals surface area contributed by atoms with E-state index in [9.17, 15) is 14.4 Å². The number of esters is 1. The quantitative estimate of drug-likeness (QED) is 0.252. The largest absolute Gasteiger partial charge is 0.469 e. The van der Waals surface area contributed by atoms with Crippen molar-refractivity contribution in [2.45, 2.75) is 13.3 Å². The molecule has 0 aliphatic heterocycles. The SMILES string of the molecule is COC(=O)CCNC(=O)c1cc2nc(-c3ccc(C(=N)N)cc3)n(C)c2cc1NC(C)=O. The van der Waals surface area contributed by atoms with Gasteiger partial charge >= 0.3 is 5.97 Å². The van der Waals surface area contributed by atoms with Crippen LogP contribution in [-0.2, 0) is 21.4 Å². The normalized spacial score (nSPS) is 10.6. The molecule has 0 saturated heterocycles. The molecule has 3 aromatic rings. The van der Waals surface area contributed by atoms with Crippen molar-refractivity contribution in [1.82, 2.24) is 14.9 Å². The molecule has 3 rings (SSSR count). The van der Waals surface area contributed by atoms with E-state index in [0.717, 1.165) is 5.56 Å². The fourth-order valence-corrected chi connectivity index (χ4v) is 3.25. The number of carbonyl (C=O) groups excluding carboxylic acids is 3. The maximum absolute atomic E-state index is 12.7. The highest BCUT2D eigenvalue weighted by Crippen LogP contribution is 2.29. The van der Waals surface area contributed by atoms with Gasteiger partial charge in [0.15, 0.2) is 0 Å². The molecule has 0 fully saturated rings. The van der Waals surface area contributed by atoms with Crippen LogP contribution in [0.1, 0.15) is 29.3 Å². The lowest BCUT2D eigenvalue weighted by molar-refractivity contribution is -0.140. The van der Waals surface area contributed by atoms with Crippen LogP contribution in [0.25, 0.3) is 22.4 Å². The van der Waals surface area contributed by atoms with E-state index in [1.54, 1.807) is 24.3 Å². The molecule has 2 aromatic carbocycles. The highest BCUT2D eigenvalue weighted by molar-refractivity contribution is 6.07. The number of amides is 2. The second-order valence-corrected chi connectivity index (χ2v) is 7.14. The van der Waals surface area contributed by atoms with Crippen molar-refractivity contribution in [1.29, 1.82) is 5.41 Å². The highest BCUT2D eigenvalue weighted by atomic mass is 16.5. The fraction of sp³-hybridized carbons (Fsp3) is 0.227. The van der Waals surface area contributed by atoms with E-state index in [1.807, 2.05) is 23.7 Å². The van der Waals surface area contributed by atoms with Gasteiger partial charge in [0.05, 0.1) is 35.8 Å². The first-order valence-electron chi connectivity index (χ1n) is 9.79. The van der Waals surface area contributed by atoms with Crippen LogP contribution >= 0.6 is 0 Å². The number of amidine groups is 1. The molecule has 0 aliphatic rings. The number of benzene rings is 2. The zero-order chi connectivity index (χ0) is 23.4. The standard InChI is InChI=1S/C22H24N6O4/c1-12(29)26-16-11-18-17(10-15(16)22(31)25-9-8-19(30)32-3)27-21(28(18)2)14-6-4-13(5-7-14)20(23)24/h4-7,10-11H,8-9H2,1-3H3,(H3,23,24)(H,25,31)(H,26,29). The summed E-state index contributed by atoms with van der Waals surface area (Å²) in [6.07, 6.45) is 0.0317. The van der Waals surface area contributed by atoms with E-state index in [2.05, 4.69) is 20.4 Å². The van der Waals surface area contributed by atoms with Gasteiger partial charge in [-0.3, -0.25) is 19.8 Å². The lowest BCUT2D eigenvalue weighted by Gasteiger charge is -2.11. The zero-order valence-electron chi connectivity index (χ0n) is 18.0. The van der Waals surface area contributed by atoms with Crippen LogP contribution in [0.15, 0.2) is 36.4 Å².